The van der Waals surface area contributed by atoms with Crippen LogP contribution in [0.1, 0.15) is 29.0 Å². The predicted molar refractivity (Wildman–Crippen MR) is 88.7 cm³/mol. The lowest BCUT2D eigenvalue weighted by Crippen LogP contribution is -2.47. The molecule has 1 aromatic carbocycles. The molecule has 0 aliphatic carbocycles. The van der Waals surface area contributed by atoms with Crippen molar-refractivity contribution in [3.63, 3.8) is 0 Å². The van der Waals surface area contributed by atoms with E-state index in [1.54, 1.807) is 4.90 Å². The number of rotatable bonds is 4. The van der Waals surface area contributed by atoms with E-state index in [4.69, 9.17) is 10.5 Å². The SMILES string of the molecule is N[C@H]1CCCN(C(=O)c2cnc(COc3ccccc3)[nH]c2=O)C1. The average molecular weight is 328 g/mol. The van der Waals surface area contributed by atoms with Crippen molar-refractivity contribution in [3.05, 3.63) is 58.3 Å². The Kier molecular flexibility index (Phi) is 4.90. The van der Waals surface area contributed by atoms with Crippen molar-refractivity contribution in [2.24, 2.45) is 5.73 Å². The number of benzene rings is 1. The fourth-order valence-electron chi connectivity index (χ4n) is 2.69. The standard InChI is InChI=1S/C17H20N4O3/c18-12-5-4-8-21(10-12)17(23)14-9-19-15(20-16(14)22)11-24-13-6-2-1-3-7-13/h1-3,6-7,9,12H,4-5,8,10-11,18H2,(H,19,20,22)/t12-/m0/s1. The number of nitrogens with two attached hydrogens (primary N) is 1. The van der Waals surface area contributed by atoms with E-state index in [2.05, 4.69) is 9.97 Å². The Morgan fingerprint density at radius 3 is 2.88 bits per heavy atom. The number of aromatic nitrogens is 2. The van der Waals surface area contributed by atoms with E-state index in [0.29, 0.717) is 24.7 Å². The highest BCUT2D eigenvalue weighted by molar-refractivity contribution is 5.93. The van der Waals surface area contributed by atoms with Gasteiger partial charge >= 0.3 is 0 Å². The van der Waals surface area contributed by atoms with E-state index in [9.17, 15) is 9.59 Å². The molecule has 126 valence electrons. The van der Waals surface area contributed by atoms with Crippen molar-refractivity contribution in [1.82, 2.24) is 14.9 Å². The van der Waals surface area contributed by atoms with Crippen molar-refractivity contribution < 1.29 is 9.53 Å². The number of hydrogen-bond acceptors (Lipinski definition) is 5. The number of ether oxygens (including phenoxy) is 1. The quantitative estimate of drug-likeness (QED) is 0.869. The van der Waals surface area contributed by atoms with Crippen LogP contribution >= 0.6 is 0 Å². The zero-order valence-corrected chi connectivity index (χ0v) is 13.3. The molecule has 2 aromatic rings. The molecule has 1 fully saturated rings. The zero-order chi connectivity index (χ0) is 16.9. The highest BCUT2D eigenvalue weighted by Crippen LogP contribution is 2.12. The first-order valence-corrected chi connectivity index (χ1v) is 7.94. The second kappa shape index (κ2) is 7.27. The summed E-state index contributed by atoms with van der Waals surface area (Å²) in [5, 5.41) is 0. The van der Waals surface area contributed by atoms with E-state index in [1.807, 2.05) is 30.3 Å². The summed E-state index contributed by atoms with van der Waals surface area (Å²) in [6.45, 7) is 1.21. The Morgan fingerprint density at radius 1 is 1.38 bits per heavy atom. The molecule has 1 aliphatic rings. The summed E-state index contributed by atoms with van der Waals surface area (Å²) in [7, 11) is 0. The smallest absolute Gasteiger partial charge is 0.263 e. The highest BCUT2D eigenvalue weighted by Gasteiger charge is 2.24. The van der Waals surface area contributed by atoms with Crippen molar-refractivity contribution >= 4 is 5.91 Å². The van der Waals surface area contributed by atoms with Gasteiger partial charge in [-0.2, -0.15) is 0 Å². The molecule has 24 heavy (non-hydrogen) atoms. The molecule has 1 amide bonds. The average Bonchev–Trinajstić information content (AvgIpc) is 2.60. The Bertz CT molecular complexity index is 760. The first-order valence-electron chi connectivity index (χ1n) is 7.94. The van der Waals surface area contributed by atoms with Gasteiger partial charge in [-0.05, 0) is 25.0 Å². The van der Waals surface area contributed by atoms with Gasteiger partial charge in [0.05, 0.1) is 0 Å². The molecule has 7 nitrogen and oxygen atoms in total. The number of aromatic amines is 1. The molecule has 0 radical (unpaired) electrons. The molecule has 0 saturated carbocycles. The second-order valence-electron chi connectivity index (χ2n) is 5.83. The molecule has 7 heteroatoms. The largest absolute Gasteiger partial charge is 0.486 e. The molecular weight excluding hydrogens is 308 g/mol. The lowest BCUT2D eigenvalue weighted by Gasteiger charge is -2.30. The van der Waals surface area contributed by atoms with Crippen LogP contribution in [0.5, 0.6) is 5.75 Å². The number of carbonyl (C=O) groups excluding carboxylic acids is 1. The van der Waals surface area contributed by atoms with Crippen LogP contribution in [0.2, 0.25) is 0 Å². The molecule has 1 aliphatic heterocycles. The van der Waals surface area contributed by atoms with Crippen molar-refractivity contribution in [3.8, 4) is 5.75 Å². The maximum absolute atomic E-state index is 12.4. The fraction of sp³-hybridized carbons (Fsp3) is 0.353. The van der Waals surface area contributed by atoms with Gasteiger partial charge in [-0.3, -0.25) is 9.59 Å². The van der Waals surface area contributed by atoms with Crippen molar-refractivity contribution in [2.45, 2.75) is 25.5 Å². The predicted octanol–water partition coefficient (Wildman–Crippen LogP) is 0.912. The topological polar surface area (TPSA) is 101 Å². The van der Waals surface area contributed by atoms with Crippen LogP contribution in [-0.2, 0) is 6.61 Å². The van der Waals surface area contributed by atoms with Gasteiger partial charge in [-0.25, -0.2) is 4.98 Å². The maximum Gasteiger partial charge on any atom is 0.263 e. The highest BCUT2D eigenvalue weighted by atomic mass is 16.5. The number of piperidine rings is 1. The van der Waals surface area contributed by atoms with Crippen LogP contribution < -0.4 is 16.0 Å². The van der Waals surface area contributed by atoms with Crippen LogP contribution in [0.25, 0.3) is 0 Å². The number of nitrogens with one attached hydrogen (secondary N) is 1. The van der Waals surface area contributed by atoms with E-state index < -0.39 is 5.56 Å². The van der Waals surface area contributed by atoms with E-state index in [-0.39, 0.29) is 24.1 Å². The Balaban J connectivity index is 1.68. The van der Waals surface area contributed by atoms with Crippen molar-refractivity contribution in [1.29, 1.82) is 0 Å². The number of likely N-dealkylation sites (tertiary alicyclic amines) is 1. The first kappa shape index (κ1) is 16.2. The molecule has 0 unspecified atom stereocenters. The third-order valence-corrected chi connectivity index (χ3v) is 3.95. The van der Waals surface area contributed by atoms with Crippen LogP contribution in [0.15, 0.2) is 41.3 Å². The summed E-state index contributed by atoms with van der Waals surface area (Å²) in [6.07, 6.45) is 3.06. The van der Waals surface area contributed by atoms with Crippen molar-refractivity contribution in [2.75, 3.05) is 13.1 Å². The van der Waals surface area contributed by atoms with Gasteiger partial charge in [-0.15, -0.1) is 0 Å². The van der Waals surface area contributed by atoms with Gasteiger partial charge in [0.15, 0.2) is 0 Å². The van der Waals surface area contributed by atoms with Gasteiger partial charge in [0, 0.05) is 25.3 Å². The molecular formula is C17H20N4O3. The number of nitrogens with zero attached hydrogens (tertiary/aromatic N) is 2. The minimum Gasteiger partial charge on any atom is -0.486 e. The number of carbonyl (C=O) groups is 1. The van der Waals surface area contributed by atoms with Crippen LogP contribution in [0.4, 0.5) is 0 Å². The van der Waals surface area contributed by atoms with Crippen LogP contribution in [0.3, 0.4) is 0 Å². The molecule has 1 aromatic heterocycles. The maximum atomic E-state index is 12.4. The second-order valence-corrected chi connectivity index (χ2v) is 5.83. The summed E-state index contributed by atoms with van der Waals surface area (Å²) in [5.41, 5.74) is 5.46. The zero-order valence-electron chi connectivity index (χ0n) is 13.3. The minimum absolute atomic E-state index is 0.0340. The normalized spacial score (nSPS) is 17.5. The molecule has 0 bridgehead atoms. The summed E-state index contributed by atoms with van der Waals surface area (Å²) in [5.74, 6) is 0.729. The van der Waals surface area contributed by atoms with Gasteiger partial charge in [0.1, 0.15) is 23.7 Å². The molecule has 3 N–H and O–H groups in total. The Hall–Kier alpha value is -2.67. The monoisotopic (exact) mass is 328 g/mol. The lowest BCUT2D eigenvalue weighted by atomic mass is 10.1. The molecule has 0 spiro atoms. The number of para-hydroxylation sites is 1. The van der Waals surface area contributed by atoms with Gasteiger partial charge in [0.2, 0.25) is 0 Å². The molecule has 1 atom stereocenters. The number of hydrogen-bond donors (Lipinski definition) is 2. The summed E-state index contributed by atoms with van der Waals surface area (Å²) < 4.78 is 5.53. The Labute approximate surface area is 139 Å². The number of H-pyrrole nitrogens is 1. The summed E-state index contributed by atoms with van der Waals surface area (Å²) >= 11 is 0. The first-order chi connectivity index (χ1) is 11.6. The van der Waals surface area contributed by atoms with Crippen LogP contribution in [0, 0.1) is 0 Å². The van der Waals surface area contributed by atoms with E-state index in [0.717, 1.165) is 12.8 Å². The number of amides is 1. The van der Waals surface area contributed by atoms with E-state index >= 15 is 0 Å². The summed E-state index contributed by atoms with van der Waals surface area (Å²) in [6, 6.07) is 9.20. The lowest BCUT2D eigenvalue weighted by molar-refractivity contribution is 0.0706. The molecule has 1 saturated heterocycles. The third-order valence-electron chi connectivity index (χ3n) is 3.95. The van der Waals surface area contributed by atoms with Gasteiger partial charge in [-0.1, -0.05) is 18.2 Å². The van der Waals surface area contributed by atoms with Gasteiger partial charge < -0.3 is 20.4 Å². The fourth-order valence-corrected chi connectivity index (χ4v) is 2.69. The van der Waals surface area contributed by atoms with Gasteiger partial charge in [0.25, 0.3) is 11.5 Å². The Morgan fingerprint density at radius 2 is 2.17 bits per heavy atom. The van der Waals surface area contributed by atoms with E-state index in [1.165, 1.54) is 6.20 Å². The third kappa shape index (κ3) is 3.80. The summed E-state index contributed by atoms with van der Waals surface area (Å²) in [4.78, 5) is 33.0. The molecule has 3 rings (SSSR count). The molecule has 2 heterocycles. The minimum atomic E-state index is -0.458. The van der Waals surface area contributed by atoms with Crippen LogP contribution in [-0.4, -0.2) is 39.9 Å².